The SMILES string of the molecule is N=C(N)c1ccc(Br)cc1Oc1cc(F)ccc1[N+](=O)[O-]. The highest BCUT2D eigenvalue weighted by atomic mass is 79.9. The van der Waals surface area contributed by atoms with E-state index in [0.717, 1.165) is 18.2 Å². The molecule has 0 unspecified atom stereocenters. The van der Waals surface area contributed by atoms with Gasteiger partial charge in [-0.3, -0.25) is 15.5 Å². The topological polar surface area (TPSA) is 102 Å². The van der Waals surface area contributed by atoms with Gasteiger partial charge in [0.25, 0.3) is 0 Å². The van der Waals surface area contributed by atoms with Crippen LogP contribution in [0.2, 0.25) is 0 Å². The maximum Gasteiger partial charge on any atom is 0.311 e. The monoisotopic (exact) mass is 353 g/mol. The lowest BCUT2D eigenvalue weighted by molar-refractivity contribution is -0.385. The molecule has 0 amide bonds. The van der Waals surface area contributed by atoms with Gasteiger partial charge < -0.3 is 10.5 Å². The first-order chi connectivity index (χ1) is 9.88. The number of hydrogen-bond donors (Lipinski definition) is 2. The van der Waals surface area contributed by atoms with E-state index in [1.165, 1.54) is 12.1 Å². The van der Waals surface area contributed by atoms with Crippen molar-refractivity contribution in [3.8, 4) is 11.5 Å². The molecular formula is C13H9BrFN3O3. The van der Waals surface area contributed by atoms with Crippen molar-refractivity contribution in [2.24, 2.45) is 5.73 Å². The highest BCUT2D eigenvalue weighted by Crippen LogP contribution is 2.34. The van der Waals surface area contributed by atoms with Crippen molar-refractivity contribution in [3.05, 3.63) is 62.4 Å². The molecule has 2 aromatic rings. The third-order valence-corrected chi connectivity index (χ3v) is 3.07. The fourth-order valence-electron chi connectivity index (χ4n) is 1.64. The molecule has 0 heterocycles. The number of nitrogens with two attached hydrogens (primary N) is 1. The van der Waals surface area contributed by atoms with Crippen LogP contribution >= 0.6 is 15.9 Å². The van der Waals surface area contributed by atoms with Crippen molar-refractivity contribution in [2.45, 2.75) is 0 Å². The Morgan fingerprint density at radius 2 is 2.00 bits per heavy atom. The summed E-state index contributed by atoms with van der Waals surface area (Å²) in [5.41, 5.74) is 5.29. The number of amidine groups is 1. The molecule has 108 valence electrons. The smallest absolute Gasteiger partial charge is 0.311 e. The van der Waals surface area contributed by atoms with Crippen molar-refractivity contribution in [3.63, 3.8) is 0 Å². The molecule has 0 saturated carbocycles. The molecule has 21 heavy (non-hydrogen) atoms. The second kappa shape index (κ2) is 5.88. The molecule has 0 aromatic heterocycles. The average molecular weight is 354 g/mol. The van der Waals surface area contributed by atoms with E-state index in [4.69, 9.17) is 15.9 Å². The minimum atomic E-state index is -0.680. The molecule has 0 aliphatic heterocycles. The van der Waals surface area contributed by atoms with Gasteiger partial charge in [0.2, 0.25) is 5.75 Å². The number of nitrogens with zero attached hydrogens (tertiary/aromatic N) is 1. The number of halogens is 2. The second-order valence-corrected chi connectivity index (χ2v) is 4.94. The first kappa shape index (κ1) is 14.9. The number of nitro benzene ring substituents is 1. The first-order valence-corrected chi connectivity index (χ1v) is 6.43. The van der Waals surface area contributed by atoms with E-state index >= 15 is 0 Å². The summed E-state index contributed by atoms with van der Waals surface area (Å²) in [6, 6.07) is 7.54. The molecule has 3 N–H and O–H groups in total. The van der Waals surface area contributed by atoms with Crippen molar-refractivity contribution in [2.75, 3.05) is 0 Å². The molecule has 2 aromatic carbocycles. The van der Waals surface area contributed by atoms with E-state index < -0.39 is 10.7 Å². The molecule has 0 bridgehead atoms. The van der Waals surface area contributed by atoms with E-state index in [1.54, 1.807) is 6.07 Å². The number of nitro groups is 1. The lowest BCUT2D eigenvalue weighted by Crippen LogP contribution is -2.12. The molecule has 0 spiro atoms. The van der Waals surface area contributed by atoms with E-state index in [2.05, 4.69) is 15.9 Å². The summed E-state index contributed by atoms with van der Waals surface area (Å²) in [5.74, 6) is -1.09. The van der Waals surface area contributed by atoms with E-state index in [0.29, 0.717) is 4.47 Å². The Kier molecular flexibility index (Phi) is 4.18. The van der Waals surface area contributed by atoms with Crippen molar-refractivity contribution < 1.29 is 14.1 Å². The molecule has 0 aliphatic rings. The summed E-state index contributed by atoms with van der Waals surface area (Å²) in [6.45, 7) is 0. The number of ether oxygens (including phenoxy) is 1. The summed E-state index contributed by atoms with van der Waals surface area (Å²) in [5, 5.41) is 18.4. The molecule has 8 heteroatoms. The Bertz CT molecular complexity index is 675. The third kappa shape index (κ3) is 3.34. The molecule has 0 radical (unpaired) electrons. The van der Waals surface area contributed by atoms with Gasteiger partial charge >= 0.3 is 5.69 Å². The fraction of sp³-hybridized carbons (Fsp3) is 0. The summed E-state index contributed by atoms with van der Waals surface area (Å²) in [7, 11) is 0. The Morgan fingerprint density at radius 3 is 2.62 bits per heavy atom. The van der Waals surface area contributed by atoms with Gasteiger partial charge in [0.15, 0.2) is 0 Å². The van der Waals surface area contributed by atoms with Gasteiger partial charge in [0.05, 0.1) is 10.5 Å². The molecule has 6 nitrogen and oxygen atoms in total. The quantitative estimate of drug-likeness (QED) is 0.379. The van der Waals surface area contributed by atoms with Crippen LogP contribution < -0.4 is 10.5 Å². The largest absolute Gasteiger partial charge is 0.449 e. The van der Waals surface area contributed by atoms with Crippen LogP contribution in [0.1, 0.15) is 5.56 Å². The molecule has 0 atom stereocenters. The number of nitrogens with one attached hydrogen (secondary N) is 1. The normalized spacial score (nSPS) is 10.2. The maximum absolute atomic E-state index is 13.3. The Balaban J connectivity index is 2.52. The van der Waals surface area contributed by atoms with Crippen LogP contribution in [0.4, 0.5) is 10.1 Å². The zero-order chi connectivity index (χ0) is 15.6. The summed E-state index contributed by atoms with van der Waals surface area (Å²) in [4.78, 5) is 10.3. The fourth-order valence-corrected chi connectivity index (χ4v) is 1.98. The zero-order valence-corrected chi connectivity index (χ0v) is 12.1. The van der Waals surface area contributed by atoms with E-state index in [9.17, 15) is 14.5 Å². The minimum Gasteiger partial charge on any atom is -0.449 e. The summed E-state index contributed by atoms with van der Waals surface area (Å²) < 4.78 is 19.3. The van der Waals surface area contributed by atoms with Gasteiger partial charge in [-0.15, -0.1) is 0 Å². The van der Waals surface area contributed by atoms with Crippen LogP contribution in [-0.2, 0) is 0 Å². The lowest BCUT2D eigenvalue weighted by Gasteiger charge is -2.11. The number of hydrogen-bond acceptors (Lipinski definition) is 4. The number of benzene rings is 2. The Morgan fingerprint density at radius 1 is 1.29 bits per heavy atom. The van der Waals surface area contributed by atoms with Gasteiger partial charge in [0, 0.05) is 16.6 Å². The number of nitrogen functional groups attached to an aromatic ring is 1. The highest BCUT2D eigenvalue weighted by molar-refractivity contribution is 9.10. The van der Waals surface area contributed by atoms with Crippen LogP contribution in [0, 0.1) is 21.3 Å². The standard InChI is InChI=1S/C13H9BrFN3O3/c14-7-1-3-9(13(16)17)11(5-7)21-12-6-8(15)2-4-10(12)18(19)20/h1-6H,(H3,16,17). The predicted octanol–water partition coefficient (Wildman–Crippen LogP) is 3.57. The van der Waals surface area contributed by atoms with Crippen LogP contribution in [0.3, 0.4) is 0 Å². The Hall–Kier alpha value is -2.48. The molecule has 0 saturated heterocycles. The average Bonchev–Trinajstić information content (AvgIpc) is 2.38. The van der Waals surface area contributed by atoms with Gasteiger partial charge in [-0.05, 0) is 24.3 Å². The molecule has 0 fully saturated rings. The van der Waals surface area contributed by atoms with Crippen molar-refractivity contribution in [1.82, 2.24) is 0 Å². The van der Waals surface area contributed by atoms with Crippen molar-refractivity contribution in [1.29, 1.82) is 5.41 Å². The number of rotatable bonds is 4. The van der Waals surface area contributed by atoms with Crippen LogP contribution in [0.5, 0.6) is 11.5 Å². The van der Waals surface area contributed by atoms with Crippen LogP contribution in [0.25, 0.3) is 0 Å². The highest BCUT2D eigenvalue weighted by Gasteiger charge is 2.18. The summed E-state index contributed by atoms with van der Waals surface area (Å²) >= 11 is 3.22. The third-order valence-electron chi connectivity index (χ3n) is 2.57. The second-order valence-electron chi connectivity index (χ2n) is 4.03. The summed E-state index contributed by atoms with van der Waals surface area (Å²) in [6.07, 6.45) is 0. The molecular weight excluding hydrogens is 345 g/mol. The Labute approximate surface area is 127 Å². The van der Waals surface area contributed by atoms with Crippen LogP contribution in [-0.4, -0.2) is 10.8 Å². The van der Waals surface area contributed by atoms with Gasteiger partial charge in [0.1, 0.15) is 17.4 Å². The van der Waals surface area contributed by atoms with Crippen molar-refractivity contribution >= 4 is 27.5 Å². The van der Waals surface area contributed by atoms with Crippen LogP contribution in [0.15, 0.2) is 40.9 Å². The maximum atomic E-state index is 13.3. The molecule has 2 rings (SSSR count). The van der Waals surface area contributed by atoms with Gasteiger partial charge in [-0.1, -0.05) is 15.9 Å². The molecule has 0 aliphatic carbocycles. The first-order valence-electron chi connectivity index (χ1n) is 5.64. The lowest BCUT2D eigenvalue weighted by atomic mass is 10.2. The minimum absolute atomic E-state index is 0.116. The van der Waals surface area contributed by atoms with Gasteiger partial charge in [-0.25, -0.2) is 4.39 Å². The van der Waals surface area contributed by atoms with Gasteiger partial charge in [-0.2, -0.15) is 0 Å². The predicted molar refractivity (Wildman–Crippen MR) is 78.3 cm³/mol. The van der Waals surface area contributed by atoms with E-state index in [-0.39, 0.29) is 28.6 Å². The zero-order valence-electron chi connectivity index (χ0n) is 10.5. The van der Waals surface area contributed by atoms with E-state index in [1.807, 2.05) is 0 Å².